The van der Waals surface area contributed by atoms with Crippen molar-refractivity contribution in [3.63, 3.8) is 0 Å². The van der Waals surface area contributed by atoms with Crippen molar-refractivity contribution in [2.24, 2.45) is 0 Å². The van der Waals surface area contributed by atoms with Gasteiger partial charge in [0.25, 0.3) is 0 Å². The Kier molecular flexibility index (Phi) is 2.36. The van der Waals surface area contributed by atoms with Crippen molar-refractivity contribution >= 4 is 23.1 Å². The zero-order chi connectivity index (χ0) is 11.0. The lowest BCUT2D eigenvalue weighted by Gasteiger charge is -1.98. The molecule has 2 aromatic heterocycles. The topological polar surface area (TPSA) is 54.6 Å². The first-order valence-electron chi connectivity index (χ1n) is 4.54. The number of carbonyl (C=O) groups is 1. The predicted molar refractivity (Wildman–Crippen MR) is 56.5 cm³/mol. The van der Waals surface area contributed by atoms with Gasteiger partial charge in [0, 0.05) is 12.6 Å². The number of carboxylic acid groups (broad SMARTS) is 1. The van der Waals surface area contributed by atoms with Crippen LogP contribution in [0.5, 0.6) is 0 Å². The van der Waals surface area contributed by atoms with Gasteiger partial charge in [0.2, 0.25) is 0 Å². The van der Waals surface area contributed by atoms with E-state index in [2.05, 4.69) is 4.98 Å². The number of hydrogen-bond acceptors (Lipinski definition) is 2. The average Bonchev–Trinajstić information content (AvgIpc) is 2.58. The largest absolute Gasteiger partial charge is 0.476 e. The summed E-state index contributed by atoms with van der Waals surface area (Å²) in [5, 5.41) is 9.39. The normalized spacial score (nSPS) is 10.8. The highest BCUT2D eigenvalue weighted by Crippen LogP contribution is 2.22. The summed E-state index contributed by atoms with van der Waals surface area (Å²) in [4.78, 5) is 15.0. The quantitative estimate of drug-likeness (QED) is 0.851. The van der Waals surface area contributed by atoms with Crippen LogP contribution in [0.4, 0.5) is 0 Å². The number of fused-ring (bicyclic) bond motifs is 1. The third-order valence-corrected chi connectivity index (χ3v) is 2.51. The lowest BCUT2D eigenvalue weighted by molar-refractivity contribution is 0.0693. The van der Waals surface area contributed by atoms with E-state index in [-0.39, 0.29) is 5.69 Å². The maximum atomic E-state index is 11.0. The van der Waals surface area contributed by atoms with Crippen LogP contribution in [0, 0.1) is 0 Å². The highest BCUT2D eigenvalue weighted by atomic mass is 35.5. The van der Waals surface area contributed by atoms with Crippen LogP contribution in [-0.4, -0.2) is 20.5 Å². The number of aryl methyl sites for hydroxylation is 1. The summed E-state index contributed by atoms with van der Waals surface area (Å²) >= 11 is 5.95. The van der Waals surface area contributed by atoms with Gasteiger partial charge < -0.3 is 9.51 Å². The van der Waals surface area contributed by atoms with E-state index in [0.717, 1.165) is 0 Å². The summed E-state index contributed by atoms with van der Waals surface area (Å²) in [6.07, 6.45) is 2.42. The van der Waals surface area contributed by atoms with Crippen LogP contribution >= 0.6 is 11.6 Å². The predicted octanol–water partition coefficient (Wildman–Crippen LogP) is 2.25. The fourth-order valence-corrected chi connectivity index (χ4v) is 1.81. The van der Waals surface area contributed by atoms with E-state index in [4.69, 9.17) is 16.7 Å². The van der Waals surface area contributed by atoms with Gasteiger partial charge in [-0.05, 0) is 12.1 Å². The number of aromatic nitrogens is 2. The first kappa shape index (κ1) is 9.98. The van der Waals surface area contributed by atoms with Gasteiger partial charge in [-0.25, -0.2) is 9.78 Å². The molecule has 0 bridgehead atoms. The van der Waals surface area contributed by atoms with Crippen LogP contribution in [0.15, 0.2) is 18.3 Å². The first-order chi connectivity index (χ1) is 7.15. The van der Waals surface area contributed by atoms with Gasteiger partial charge in [-0.1, -0.05) is 18.5 Å². The third-order valence-electron chi connectivity index (χ3n) is 2.21. The zero-order valence-electron chi connectivity index (χ0n) is 8.07. The maximum Gasteiger partial charge on any atom is 0.356 e. The van der Waals surface area contributed by atoms with Crippen molar-refractivity contribution in [3.8, 4) is 0 Å². The van der Waals surface area contributed by atoms with Crippen LogP contribution in [-0.2, 0) is 6.42 Å². The van der Waals surface area contributed by atoms with Crippen molar-refractivity contribution < 1.29 is 9.90 Å². The number of rotatable bonds is 2. The molecule has 2 aromatic rings. The Morgan fingerprint density at radius 2 is 2.40 bits per heavy atom. The molecule has 0 aromatic carbocycles. The summed E-state index contributed by atoms with van der Waals surface area (Å²) in [5.41, 5.74) is 0.473. The molecule has 78 valence electrons. The minimum Gasteiger partial charge on any atom is -0.476 e. The molecule has 0 fully saturated rings. The van der Waals surface area contributed by atoms with Crippen LogP contribution in [0.1, 0.15) is 23.2 Å². The molecule has 4 nitrogen and oxygen atoms in total. The average molecular weight is 225 g/mol. The third kappa shape index (κ3) is 1.47. The van der Waals surface area contributed by atoms with Gasteiger partial charge in [-0.3, -0.25) is 0 Å². The molecular formula is C10H9ClN2O2. The molecule has 0 saturated heterocycles. The van der Waals surface area contributed by atoms with E-state index >= 15 is 0 Å². The monoisotopic (exact) mass is 224 g/mol. The van der Waals surface area contributed by atoms with E-state index in [1.54, 1.807) is 22.7 Å². The van der Waals surface area contributed by atoms with Crippen LogP contribution in [0.25, 0.3) is 5.52 Å². The fraction of sp³-hybridized carbons (Fsp3) is 0.200. The second-order valence-electron chi connectivity index (χ2n) is 3.11. The minimum atomic E-state index is -1.06. The highest BCUT2D eigenvalue weighted by molar-refractivity contribution is 6.34. The van der Waals surface area contributed by atoms with E-state index in [0.29, 0.717) is 22.8 Å². The summed E-state index contributed by atoms with van der Waals surface area (Å²) < 4.78 is 1.71. The molecule has 15 heavy (non-hydrogen) atoms. The molecule has 0 spiro atoms. The minimum absolute atomic E-state index is 0.0115. The van der Waals surface area contributed by atoms with Crippen LogP contribution in [0.2, 0.25) is 5.02 Å². The molecule has 5 heteroatoms. The van der Waals surface area contributed by atoms with Crippen molar-refractivity contribution in [2.45, 2.75) is 13.3 Å². The highest BCUT2D eigenvalue weighted by Gasteiger charge is 2.17. The number of hydrogen-bond donors (Lipinski definition) is 1. The van der Waals surface area contributed by atoms with Crippen molar-refractivity contribution in [1.29, 1.82) is 0 Å². The van der Waals surface area contributed by atoms with Gasteiger partial charge in [-0.15, -0.1) is 0 Å². The number of aromatic carboxylic acids is 1. The Labute approximate surface area is 91.1 Å². The van der Waals surface area contributed by atoms with E-state index in [1.807, 2.05) is 6.92 Å². The Morgan fingerprint density at radius 3 is 3.00 bits per heavy atom. The SMILES string of the molecule is CCc1nc(C(=O)O)c2c(Cl)cccn12. The number of nitrogens with zero attached hydrogens (tertiary/aromatic N) is 2. The molecule has 2 heterocycles. The zero-order valence-corrected chi connectivity index (χ0v) is 8.82. The van der Waals surface area contributed by atoms with Crippen molar-refractivity contribution in [3.05, 3.63) is 34.9 Å². The molecule has 0 aliphatic carbocycles. The second kappa shape index (κ2) is 3.55. The van der Waals surface area contributed by atoms with Crippen LogP contribution in [0.3, 0.4) is 0 Å². The lowest BCUT2D eigenvalue weighted by atomic mass is 10.3. The Morgan fingerprint density at radius 1 is 1.67 bits per heavy atom. The molecule has 0 unspecified atom stereocenters. The van der Waals surface area contributed by atoms with E-state index < -0.39 is 5.97 Å². The lowest BCUT2D eigenvalue weighted by Crippen LogP contribution is -1.97. The smallest absolute Gasteiger partial charge is 0.356 e. The molecule has 0 radical (unpaired) electrons. The number of pyridine rings is 1. The number of imidazole rings is 1. The molecule has 0 aliphatic rings. The summed E-state index contributed by atoms with van der Waals surface area (Å²) in [6, 6.07) is 3.42. The van der Waals surface area contributed by atoms with Gasteiger partial charge in [-0.2, -0.15) is 0 Å². The Bertz CT molecular complexity index is 533. The Hall–Kier alpha value is -1.55. The van der Waals surface area contributed by atoms with Gasteiger partial charge in [0.15, 0.2) is 5.69 Å². The standard InChI is InChI=1S/C10H9ClN2O2/c1-2-7-12-8(10(14)15)9-6(11)4-3-5-13(7)9/h3-5H,2H2,1H3,(H,14,15). The van der Waals surface area contributed by atoms with Crippen molar-refractivity contribution in [1.82, 2.24) is 9.38 Å². The van der Waals surface area contributed by atoms with E-state index in [9.17, 15) is 4.79 Å². The summed E-state index contributed by atoms with van der Waals surface area (Å²) in [5.74, 6) is -0.356. The first-order valence-corrected chi connectivity index (χ1v) is 4.91. The van der Waals surface area contributed by atoms with E-state index in [1.165, 1.54) is 0 Å². The van der Waals surface area contributed by atoms with Gasteiger partial charge in [0.1, 0.15) is 5.82 Å². The van der Waals surface area contributed by atoms with Crippen LogP contribution < -0.4 is 0 Å². The molecular weight excluding hydrogens is 216 g/mol. The number of carboxylic acids is 1. The maximum absolute atomic E-state index is 11.0. The molecule has 2 rings (SSSR count). The molecule has 1 N–H and O–H groups in total. The summed E-state index contributed by atoms with van der Waals surface area (Å²) in [7, 11) is 0. The second-order valence-corrected chi connectivity index (χ2v) is 3.52. The van der Waals surface area contributed by atoms with Crippen molar-refractivity contribution in [2.75, 3.05) is 0 Å². The molecule has 0 amide bonds. The fourth-order valence-electron chi connectivity index (χ4n) is 1.56. The van der Waals surface area contributed by atoms with Gasteiger partial charge in [0.05, 0.1) is 10.5 Å². The molecule has 0 atom stereocenters. The molecule has 0 aliphatic heterocycles. The Balaban J connectivity index is 2.88. The summed E-state index contributed by atoms with van der Waals surface area (Å²) in [6.45, 7) is 1.92. The number of halogens is 1. The molecule has 0 saturated carbocycles. The van der Waals surface area contributed by atoms with Gasteiger partial charge >= 0.3 is 5.97 Å².